The molecule has 0 spiro atoms. The van der Waals surface area contributed by atoms with Crippen molar-refractivity contribution in [1.82, 2.24) is 0 Å². The zero-order valence-electron chi connectivity index (χ0n) is 9.64. The van der Waals surface area contributed by atoms with Crippen LogP contribution in [0.1, 0.15) is 58.8 Å². The fourth-order valence-electron chi connectivity index (χ4n) is 1.69. The zero-order chi connectivity index (χ0) is 10.8. The topological polar surface area (TPSA) is 12.4 Å². The van der Waals surface area contributed by atoms with Crippen molar-refractivity contribution in [3.8, 4) is 0 Å². The number of aliphatic imine (C=N–C) groups is 1. The molecule has 2 unspecified atom stereocenters. The van der Waals surface area contributed by atoms with Gasteiger partial charge in [-0.2, -0.15) is 0 Å². The summed E-state index contributed by atoms with van der Waals surface area (Å²) in [6.45, 7) is 8.18. The highest BCUT2D eigenvalue weighted by molar-refractivity contribution is 14.1. The van der Waals surface area contributed by atoms with Gasteiger partial charge in [0.1, 0.15) is 4.05 Å². The van der Waals surface area contributed by atoms with Crippen molar-refractivity contribution in [3.05, 3.63) is 0 Å². The molecule has 0 amide bonds. The zero-order valence-corrected chi connectivity index (χ0v) is 11.8. The average Bonchev–Trinajstić information content (AvgIpc) is 2.22. The van der Waals surface area contributed by atoms with E-state index in [2.05, 4.69) is 48.1 Å². The largest absolute Gasteiger partial charge is 0.287 e. The van der Waals surface area contributed by atoms with Gasteiger partial charge in [0.05, 0.1) is 0 Å². The van der Waals surface area contributed by atoms with Crippen LogP contribution in [0.2, 0.25) is 0 Å². The van der Waals surface area contributed by atoms with Gasteiger partial charge in [-0.25, -0.2) is 0 Å². The molecule has 0 aliphatic rings. The number of halogens is 1. The molecule has 0 rings (SSSR count). The summed E-state index contributed by atoms with van der Waals surface area (Å²) in [7, 11) is 0. The molecule has 2 heteroatoms. The van der Waals surface area contributed by atoms with Crippen LogP contribution >= 0.6 is 22.6 Å². The smallest absolute Gasteiger partial charge is 0.103 e. The molecule has 0 saturated heterocycles. The summed E-state index contributed by atoms with van der Waals surface area (Å²) in [6.07, 6.45) is 9.33. The first-order valence-electron chi connectivity index (χ1n) is 5.86. The molecule has 0 radical (unpaired) electrons. The van der Waals surface area contributed by atoms with Crippen LogP contribution < -0.4 is 0 Å². The molecule has 84 valence electrons. The third-order valence-electron chi connectivity index (χ3n) is 2.67. The van der Waals surface area contributed by atoms with Crippen LogP contribution in [-0.2, 0) is 0 Å². The van der Waals surface area contributed by atoms with Crippen molar-refractivity contribution in [2.75, 3.05) is 0 Å². The average molecular weight is 309 g/mol. The first-order chi connectivity index (χ1) is 6.76. The Labute approximate surface area is 103 Å². The minimum Gasteiger partial charge on any atom is -0.287 e. The summed E-state index contributed by atoms with van der Waals surface area (Å²) in [5, 5.41) is 0. The second-order valence-corrected chi connectivity index (χ2v) is 5.23. The van der Waals surface area contributed by atoms with Crippen molar-refractivity contribution < 1.29 is 0 Å². The highest BCUT2D eigenvalue weighted by atomic mass is 127. The van der Waals surface area contributed by atoms with Gasteiger partial charge < -0.3 is 0 Å². The lowest BCUT2D eigenvalue weighted by atomic mass is 9.95. The van der Waals surface area contributed by atoms with Gasteiger partial charge in [-0.1, -0.05) is 68.5 Å². The number of hydrogen-bond acceptors (Lipinski definition) is 1. The third-order valence-corrected chi connectivity index (χ3v) is 4.08. The molecule has 0 aromatic carbocycles. The number of hydrogen-bond donors (Lipinski definition) is 0. The standard InChI is InChI=1S/C12H24IN/c1-4-6-8-10-11(9-7-5-2)12(13)14-3/h11-12H,3-10H2,1-2H3. The molecule has 0 bridgehead atoms. The maximum absolute atomic E-state index is 4.16. The number of unbranched alkanes of at least 4 members (excludes halogenated alkanes) is 3. The molecular weight excluding hydrogens is 285 g/mol. The fraction of sp³-hybridized carbons (Fsp3) is 0.917. The number of nitrogens with zero attached hydrogens (tertiary/aromatic N) is 1. The van der Waals surface area contributed by atoms with Crippen molar-refractivity contribution >= 4 is 29.3 Å². The molecule has 0 fully saturated rings. The summed E-state index contributed by atoms with van der Waals surface area (Å²) in [5.74, 6) is 0.764. The molecule has 0 heterocycles. The molecule has 0 aromatic heterocycles. The van der Waals surface area contributed by atoms with E-state index in [1.165, 1.54) is 44.9 Å². The Morgan fingerprint density at radius 3 is 2.14 bits per heavy atom. The highest BCUT2D eigenvalue weighted by Crippen LogP contribution is 2.26. The van der Waals surface area contributed by atoms with Gasteiger partial charge in [0, 0.05) is 0 Å². The summed E-state index contributed by atoms with van der Waals surface area (Å²) in [5.41, 5.74) is 0. The van der Waals surface area contributed by atoms with E-state index >= 15 is 0 Å². The Balaban J connectivity index is 3.77. The van der Waals surface area contributed by atoms with Crippen molar-refractivity contribution in [3.63, 3.8) is 0 Å². The minimum absolute atomic E-state index is 0.427. The second kappa shape index (κ2) is 9.94. The summed E-state index contributed by atoms with van der Waals surface area (Å²) < 4.78 is 0.427. The van der Waals surface area contributed by atoms with E-state index < -0.39 is 0 Å². The fourth-order valence-corrected chi connectivity index (χ4v) is 2.41. The second-order valence-electron chi connectivity index (χ2n) is 3.95. The van der Waals surface area contributed by atoms with Crippen LogP contribution in [0, 0.1) is 5.92 Å². The van der Waals surface area contributed by atoms with Crippen LogP contribution in [-0.4, -0.2) is 10.8 Å². The molecule has 0 saturated carbocycles. The van der Waals surface area contributed by atoms with Crippen LogP contribution in [0.15, 0.2) is 4.99 Å². The highest BCUT2D eigenvalue weighted by Gasteiger charge is 2.15. The first kappa shape index (κ1) is 14.4. The minimum atomic E-state index is 0.427. The molecule has 1 nitrogen and oxygen atoms in total. The third kappa shape index (κ3) is 6.80. The Morgan fingerprint density at radius 2 is 1.64 bits per heavy atom. The SMILES string of the molecule is C=NC(I)C(CCCC)CCCCC. The van der Waals surface area contributed by atoms with E-state index in [0.29, 0.717) is 4.05 Å². The van der Waals surface area contributed by atoms with Crippen LogP contribution in [0.5, 0.6) is 0 Å². The lowest BCUT2D eigenvalue weighted by Crippen LogP contribution is -2.12. The van der Waals surface area contributed by atoms with E-state index in [1.54, 1.807) is 0 Å². The van der Waals surface area contributed by atoms with E-state index in [4.69, 9.17) is 0 Å². The summed E-state index contributed by atoms with van der Waals surface area (Å²) in [4.78, 5) is 4.16. The van der Waals surface area contributed by atoms with Gasteiger partial charge in [-0.05, 0) is 25.5 Å². The molecule has 2 atom stereocenters. The van der Waals surface area contributed by atoms with Crippen LogP contribution in [0.4, 0.5) is 0 Å². The molecule has 0 aliphatic heterocycles. The normalized spacial score (nSPS) is 15.1. The van der Waals surface area contributed by atoms with Gasteiger partial charge in [0.25, 0.3) is 0 Å². The predicted molar refractivity (Wildman–Crippen MR) is 74.5 cm³/mol. The van der Waals surface area contributed by atoms with Crippen LogP contribution in [0.3, 0.4) is 0 Å². The Hall–Kier alpha value is 0.400. The molecular formula is C12H24IN. The van der Waals surface area contributed by atoms with E-state index in [0.717, 1.165) is 5.92 Å². The van der Waals surface area contributed by atoms with E-state index in [9.17, 15) is 0 Å². The Kier molecular flexibility index (Phi) is 10.2. The van der Waals surface area contributed by atoms with Gasteiger partial charge in [0.15, 0.2) is 0 Å². The summed E-state index contributed by atoms with van der Waals surface area (Å²) >= 11 is 2.43. The maximum atomic E-state index is 4.16. The van der Waals surface area contributed by atoms with Crippen molar-refractivity contribution in [2.45, 2.75) is 62.8 Å². The number of alkyl halides is 1. The van der Waals surface area contributed by atoms with E-state index in [1.807, 2.05) is 0 Å². The van der Waals surface area contributed by atoms with Gasteiger partial charge in [-0.3, -0.25) is 4.99 Å². The van der Waals surface area contributed by atoms with Gasteiger partial charge >= 0.3 is 0 Å². The number of rotatable bonds is 9. The van der Waals surface area contributed by atoms with Gasteiger partial charge in [-0.15, -0.1) is 0 Å². The molecule has 0 aliphatic carbocycles. The van der Waals surface area contributed by atoms with E-state index in [-0.39, 0.29) is 0 Å². The maximum Gasteiger partial charge on any atom is 0.103 e. The lowest BCUT2D eigenvalue weighted by Gasteiger charge is -2.18. The molecule has 14 heavy (non-hydrogen) atoms. The van der Waals surface area contributed by atoms with Crippen molar-refractivity contribution in [1.29, 1.82) is 0 Å². The molecule has 0 aromatic rings. The first-order valence-corrected chi connectivity index (χ1v) is 7.10. The Bertz CT molecular complexity index is 136. The van der Waals surface area contributed by atoms with Gasteiger partial charge in [0.2, 0.25) is 0 Å². The quantitative estimate of drug-likeness (QED) is 0.190. The lowest BCUT2D eigenvalue weighted by molar-refractivity contribution is 0.416. The Morgan fingerprint density at radius 1 is 1.07 bits per heavy atom. The van der Waals surface area contributed by atoms with Crippen LogP contribution in [0.25, 0.3) is 0 Å². The monoisotopic (exact) mass is 309 g/mol. The predicted octanol–water partition coefficient (Wildman–Crippen LogP) is 4.83. The molecule has 0 N–H and O–H groups in total. The van der Waals surface area contributed by atoms with Crippen molar-refractivity contribution in [2.24, 2.45) is 10.9 Å². The summed E-state index contributed by atoms with van der Waals surface area (Å²) in [6, 6.07) is 0.